The van der Waals surface area contributed by atoms with Crippen LogP contribution in [0.1, 0.15) is 31.2 Å². The number of fused-ring (bicyclic) bond motifs is 2. The van der Waals surface area contributed by atoms with Crippen LogP contribution in [0.4, 0.5) is 10.5 Å². The van der Waals surface area contributed by atoms with E-state index in [1.165, 1.54) is 19.3 Å². The number of urea groups is 1. The molecule has 0 unspecified atom stereocenters. The summed E-state index contributed by atoms with van der Waals surface area (Å²) in [5.41, 5.74) is 6.73. The highest BCUT2D eigenvalue weighted by molar-refractivity contribution is 5.87. The lowest BCUT2D eigenvalue weighted by atomic mass is 9.88. The summed E-state index contributed by atoms with van der Waals surface area (Å²) in [5.74, 6) is 1.81. The number of rotatable bonds is 4. The van der Waals surface area contributed by atoms with Gasteiger partial charge in [-0.25, -0.2) is 4.79 Å². The lowest BCUT2D eigenvalue weighted by Crippen LogP contribution is -2.33. The van der Waals surface area contributed by atoms with Gasteiger partial charge in [0.15, 0.2) is 0 Å². The van der Waals surface area contributed by atoms with Crippen molar-refractivity contribution in [2.24, 2.45) is 23.5 Å². The molecule has 3 atom stereocenters. The van der Waals surface area contributed by atoms with Gasteiger partial charge in [0.2, 0.25) is 5.91 Å². The molecule has 5 nitrogen and oxygen atoms in total. The van der Waals surface area contributed by atoms with E-state index >= 15 is 0 Å². The molecule has 5 heteroatoms. The Bertz CT molecular complexity index is 541. The third kappa shape index (κ3) is 3.17. The molecule has 21 heavy (non-hydrogen) atoms. The highest BCUT2D eigenvalue weighted by Crippen LogP contribution is 2.48. The predicted octanol–water partition coefficient (Wildman–Crippen LogP) is 2.23. The van der Waals surface area contributed by atoms with Crippen molar-refractivity contribution in [1.82, 2.24) is 5.32 Å². The SMILES string of the molecule is NC(=O)Nc1ccc(CNC(=O)[C@H]2C[C@H]3CC[C@H]2C3)cc1. The largest absolute Gasteiger partial charge is 0.352 e. The van der Waals surface area contributed by atoms with Crippen molar-refractivity contribution in [1.29, 1.82) is 0 Å². The number of nitrogens with two attached hydrogens (primary N) is 1. The van der Waals surface area contributed by atoms with Gasteiger partial charge in [-0.3, -0.25) is 4.79 Å². The first-order valence-electron chi connectivity index (χ1n) is 7.55. The van der Waals surface area contributed by atoms with Crippen molar-refractivity contribution < 1.29 is 9.59 Å². The molecule has 3 rings (SSSR count). The Kier molecular flexibility index (Phi) is 3.82. The molecule has 0 spiro atoms. The van der Waals surface area contributed by atoms with Gasteiger partial charge < -0.3 is 16.4 Å². The molecule has 4 N–H and O–H groups in total. The first-order valence-corrected chi connectivity index (χ1v) is 7.55. The molecule has 0 aliphatic heterocycles. The number of amides is 3. The van der Waals surface area contributed by atoms with Gasteiger partial charge in [-0.05, 0) is 48.8 Å². The smallest absolute Gasteiger partial charge is 0.316 e. The normalized spacial score (nSPS) is 26.6. The van der Waals surface area contributed by atoms with Gasteiger partial charge in [0, 0.05) is 18.2 Å². The molecule has 112 valence electrons. The maximum absolute atomic E-state index is 12.2. The lowest BCUT2D eigenvalue weighted by Gasteiger charge is -2.20. The average Bonchev–Trinajstić information content (AvgIpc) is 3.08. The van der Waals surface area contributed by atoms with E-state index in [1.54, 1.807) is 12.1 Å². The molecular formula is C16H21N3O2. The number of anilines is 1. The molecule has 1 aromatic rings. The van der Waals surface area contributed by atoms with Crippen LogP contribution in [0.25, 0.3) is 0 Å². The topological polar surface area (TPSA) is 84.2 Å². The first kappa shape index (κ1) is 13.9. The molecule has 2 aliphatic rings. The van der Waals surface area contributed by atoms with E-state index in [4.69, 9.17) is 5.73 Å². The van der Waals surface area contributed by atoms with Crippen LogP contribution in [0.2, 0.25) is 0 Å². The minimum Gasteiger partial charge on any atom is -0.352 e. The molecule has 0 heterocycles. The number of carbonyl (C=O) groups is 2. The van der Waals surface area contributed by atoms with Crippen LogP contribution >= 0.6 is 0 Å². The van der Waals surface area contributed by atoms with Crippen LogP contribution < -0.4 is 16.4 Å². The predicted molar refractivity (Wildman–Crippen MR) is 80.4 cm³/mol. The van der Waals surface area contributed by atoms with Crippen LogP contribution in [-0.4, -0.2) is 11.9 Å². The minimum absolute atomic E-state index is 0.196. The van der Waals surface area contributed by atoms with E-state index in [1.807, 2.05) is 12.1 Å². The summed E-state index contributed by atoms with van der Waals surface area (Å²) >= 11 is 0. The summed E-state index contributed by atoms with van der Waals surface area (Å²) in [4.78, 5) is 23.0. The first-order chi connectivity index (χ1) is 10.1. The third-order valence-corrected chi connectivity index (χ3v) is 4.76. The fourth-order valence-electron chi connectivity index (χ4n) is 3.73. The van der Waals surface area contributed by atoms with Crippen molar-refractivity contribution in [3.8, 4) is 0 Å². The van der Waals surface area contributed by atoms with Gasteiger partial charge in [0.1, 0.15) is 0 Å². The highest BCUT2D eigenvalue weighted by Gasteiger charge is 2.42. The highest BCUT2D eigenvalue weighted by atomic mass is 16.2. The van der Waals surface area contributed by atoms with Crippen LogP contribution in [0, 0.1) is 17.8 Å². The Hall–Kier alpha value is -2.04. The van der Waals surface area contributed by atoms with E-state index in [9.17, 15) is 9.59 Å². The van der Waals surface area contributed by atoms with Gasteiger partial charge in [-0.15, -0.1) is 0 Å². The summed E-state index contributed by atoms with van der Waals surface area (Å²) in [5, 5.41) is 5.55. The molecule has 0 saturated heterocycles. The Morgan fingerprint density at radius 1 is 1.14 bits per heavy atom. The zero-order valence-electron chi connectivity index (χ0n) is 12.0. The second kappa shape index (κ2) is 5.76. The molecular weight excluding hydrogens is 266 g/mol. The van der Waals surface area contributed by atoms with Gasteiger partial charge in [-0.1, -0.05) is 18.6 Å². The Morgan fingerprint density at radius 3 is 2.48 bits per heavy atom. The number of carbonyl (C=O) groups excluding carboxylic acids is 2. The van der Waals surface area contributed by atoms with E-state index in [-0.39, 0.29) is 11.8 Å². The summed E-state index contributed by atoms with van der Waals surface area (Å²) in [7, 11) is 0. The molecule has 1 aromatic carbocycles. The average molecular weight is 287 g/mol. The zero-order chi connectivity index (χ0) is 14.8. The van der Waals surface area contributed by atoms with E-state index in [0.717, 1.165) is 17.9 Å². The molecule has 0 aromatic heterocycles. The van der Waals surface area contributed by atoms with Crippen molar-refractivity contribution in [2.45, 2.75) is 32.2 Å². The molecule has 2 fully saturated rings. The summed E-state index contributed by atoms with van der Waals surface area (Å²) < 4.78 is 0. The van der Waals surface area contributed by atoms with E-state index in [0.29, 0.717) is 18.2 Å². The van der Waals surface area contributed by atoms with E-state index in [2.05, 4.69) is 10.6 Å². The van der Waals surface area contributed by atoms with Gasteiger partial charge in [0.05, 0.1) is 0 Å². The number of hydrogen-bond donors (Lipinski definition) is 3. The molecule has 2 bridgehead atoms. The maximum Gasteiger partial charge on any atom is 0.316 e. The standard InChI is InChI=1S/C16H21N3O2/c17-16(21)19-13-5-2-10(3-6-13)9-18-15(20)14-8-11-1-4-12(14)7-11/h2-3,5-6,11-12,14H,1,4,7-9H2,(H,18,20)(H3,17,19,21)/t11-,12-,14-/m0/s1. The van der Waals surface area contributed by atoms with E-state index < -0.39 is 6.03 Å². The number of primary amides is 1. The Morgan fingerprint density at radius 2 is 1.90 bits per heavy atom. The van der Waals surface area contributed by atoms with Gasteiger partial charge in [-0.2, -0.15) is 0 Å². The Labute approximate surface area is 124 Å². The molecule has 0 radical (unpaired) electrons. The molecule has 2 saturated carbocycles. The minimum atomic E-state index is -0.577. The van der Waals surface area contributed by atoms with Gasteiger partial charge >= 0.3 is 6.03 Å². The van der Waals surface area contributed by atoms with Crippen LogP contribution in [0.5, 0.6) is 0 Å². The lowest BCUT2D eigenvalue weighted by molar-refractivity contribution is -0.126. The molecule has 3 amide bonds. The van der Waals surface area contributed by atoms with Crippen molar-refractivity contribution in [3.63, 3.8) is 0 Å². The maximum atomic E-state index is 12.2. The number of nitrogens with one attached hydrogen (secondary N) is 2. The fraction of sp³-hybridized carbons (Fsp3) is 0.500. The fourth-order valence-corrected chi connectivity index (χ4v) is 3.73. The van der Waals surface area contributed by atoms with Crippen LogP contribution in [0.15, 0.2) is 24.3 Å². The second-order valence-electron chi connectivity index (χ2n) is 6.19. The summed E-state index contributed by atoms with van der Waals surface area (Å²) in [6.45, 7) is 0.531. The van der Waals surface area contributed by atoms with Crippen molar-refractivity contribution >= 4 is 17.6 Å². The van der Waals surface area contributed by atoms with Crippen LogP contribution in [-0.2, 0) is 11.3 Å². The zero-order valence-corrected chi connectivity index (χ0v) is 12.0. The van der Waals surface area contributed by atoms with Crippen molar-refractivity contribution in [2.75, 3.05) is 5.32 Å². The third-order valence-electron chi connectivity index (χ3n) is 4.76. The van der Waals surface area contributed by atoms with Gasteiger partial charge in [0.25, 0.3) is 0 Å². The Balaban J connectivity index is 1.50. The number of hydrogen-bond acceptors (Lipinski definition) is 2. The quantitative estimate of drug-likeness (QED) is 0.793. The van der Waals surface area contributed by atoms with Crippen molar-refractivity contribution in [3.05, 3.63) is 29.8 Å². The second-order valence-corrected chi connectivity index (χ2v) is 6.19. The van der Waals surface area contributed by atoms with Crippen LogP contribution in [0.3, 0.4) is 0 Å². The number of benzene rings is 1. The molecule has 2 aliphatic carbocycles. The monoisotopic (exact) mass is 287 g/mol. The summed E-state index contributed by atoms with van der Waals surface area (Å²) in [6.07, 6.45) is 4.84. The summed E-state index contributed by atoms with van der Waals surface area (Å²) in [6, 6.07) is 6.75.